The van der Waals surface area contributed by atoms with Crippen LogP contribution in [0.1, 0.15) is 44.6 Å². The van der Waals surface area contributed by atoms with Crippen LogP contribution in [0.5, 0.6) is 0 Å². The van der Waals surface area contributed by atoms with Crippen LogP contribution in [0.25, 0.3) is 0 Å². The van der Waals surface area contributed by atoms with E-state index in [-0.39, 0.29) is 29.2 Å². The van der Waals surface area contributed by atoms with Crippen LogP contribution in [-0.2, 0) is 26.2 Å². The van der Waals surface area contributed by atoms with Crippen LogP contribution >= 0.6 is 23.2 Å². The Bertz CT molecular complexity index is 1210. The van der Waals surface area contributed by atoms with Gasteiger partial charge in [0.05, 0.1) is 22.0 Å². The Hall–Kier alpha value is -2.36. The molecule has 0 unspecified atom stereocenters. The monoisotopic (exact) mass is 557 g/mol. The SMILES string of the molecule is CC[C@H](C(=O)NC1CCCC1)N(Cc1ccc(Cl)c(Cl)c1)C(=O)CN(c1ccccc1F)S(C)(=O)=O. The fraction of sp³-hybridized carbons (Fsp3) is 0.440. The summed E-state index contributed by atoms with van der Waals surface area (Å²) in [7, 11) is -4.02. The lowest BCUT2D eigenvalue weighted by Crippen LogP contribution is -2.53. The summed E-state index contributed by atoms with van der Waals surface area (Å²) >= 11 is 12.2. The summed E-state index contributed by atoms with van der Waals surface area (Å²) in [5.74, 6) is -1.74. The molecular formula is C25H30Cl2FN3O4S. The van der Waals surface area contributed by atoms with Gasteiger partial charge in [-0.05, 0) is 49.1 Å². The van der Waals surface area contributed by atoms with Gasteiger partial charge in [0.15, 0.2) is 0 Å². The molecule has 0 radical (unpaired) electrons. The van der Waals surface area contributed by atoms with Gasteiger partial charge in [-0.25, -0.2) is 12.8 Å². The zero-order chi connectivity index (χ0) is 26.5. The van der Waals surface area contributed by atoms with Gasteiger partial charge >= 0.3 is 0 Å². The van der Waals surface area contributed by atoms with Gasteiger partial charge in [0.25, 0.3) is 0 Å². The van der Waals surface area contributed by atoms with Gasteiger partial charge < -0.3 is 10.2 Å². The molecule has 11 heteroatoms. The zero-order valence-electron chi connectivity index (χ0n) is 20.2. The second-order valence-corrected chi connectivity index (χ2v) is 11.6. The van der Waals surface area contributed by atoms with Crippen molar-refractivity contribution in [1.29, 1.82) is 0 Å². The minimum atomic E-state index is -4.02. The van der Waals surface area contributed by atoms with Crippen LogP contribution in [0.2, 0.25) is 10.0 Å². The zero-order valence-corrected chi connectivity index (χ0v) is 22.5. The topological polar surface area (TPSA) is 86.8 Å². The third-order valence-corrected chi connectivity index (χ3v) is 8.09. The lowest BCUT2D eigenvalue weighted by Gasteiger charge is -2.33. The summed E-state index contributed by atoms with van der Waals surface area (Å²) in [5, 5.41) is 3.65. The highest BCUT2D eigenvalue weighted by molar-refractivity contribution is 7.92. The van der Waals surface area contributed by atoms with Gasteiger partial charge in [-0.2, -0.15) is 0 Å². The van der Waals surface area contributed by atoms with Crippen LogP contribution in [0.3, 0.4) is 0 Å². The molecule has 0 bridgehead atoms. The maximum absolute atomic E-state index is 14.5. The van der Waals surface area contributed by atoms with Gasteiger partial charge in [-0.15, -0.1) is 0 Å². The van der Waals surface area contributed by atoms with Crippen molar-refractivity contribution < 1.29 is 22.4 Å². The van der Waals surface area contributed by atoms with E-state index >= 15 is 0 Å². The molecule has 0 spiro atoms. The number of hydrogen-bond donors (Lipinski definition) is 1. The average molecular weight is 559 g/mol. The molecule has 2 amide bonds. The molecular weight excluding hydrogens is 528 g/mol. The minimum absolute atomic E-state index is 0.0127. The number of halogens is 3. The Kier molecular flexibility index (Phi) is 9.60. The maximum atomic E-state index is 14.5. The summed E-state index contributed by atoms with van der Waals surface area (Å²) < 4.78 is 40.4. The predicted molar refractivity (Wildman–Crippen MR) is 140 cm³/mol. The van der Waals surface area contributed by atoms with E-state index in [0.29, 0.717) is 21.3 Å². The summed E-state index contributed by atoms with van der Waals surface area (Å²) in [4.78, 5) is 28.2. The number of nitrogens with one attached hydrogen (secondary N) is 1. The van der Waals surface area contributed by atoms with Crippen LogP contribution in [0, 0.1) is 5.82 Å². The lowest BCUT2D eigenvalue weighted by atomic mass is 10.1. The molecule has 7 nitrogen and oxygen atoms in total. The fourth-order valence-electron chi connectivity index (χ4n) is 4.37. The number of benzene rings is 2. The molecule has 1 aliphatic carbocycles. The van der Waals surface area contributed by atoms with E-state index in [1.807, 2.05) is 0 Å². The number of sulfonamides is 1. The first-order chi connectivity index (χ1) is 17.0. The van der Waals surface area contributed by atoms with Crippen LogP contribution < -0.4 is 9.62 Å². The number of anilines is 1. The molecule has 196 valence electrons. The molecule has 3 rings (SSSR count). The second-order valence-electron chi connectivity index (χ2n) is 8.91. The Morgan fingerprint density at radius 2 is 1.78 bits per heavy atom. The van der Waals surface area contributed by atoms with Gasteiger partial charge in [0.1, 0.15) is 18.4 Å². The van der Waals surface area contributed by atoms with Gasteiger partial charge in [-0.1, -0.05) is 61.2 Å². The first kappa shape index (κ1) is 28.2. The van der Waals surface area contributed by atoms with Crippen LogP contribution in [0.4, 0.5) is 10.1 Å². The standard InChI is InChI=1S/C25H30Cl2FN3O4S/c1-3-22(25(33)29-18-8-4-5-9-18)30(15-17-12-13-19(26)20(27)14-17)24(32)16-31(36(2,34)35)23-11-7-6-10-21(23)28/h6-7,10-14,18,22H,3-5,8-9,15-16H2,1-2H3,(H,29,33)/t22-/m1/s1. The Morgan fingerprint density at radius 1 is 1.11 bits per heavy atom. The molecule has 1 atom stereocenters. The lowest BCUT2D eigenvalue weighted by molar-refractivity contribution is -0.140. The molecule has 1 saturated carbocycles. The van der Waals surface area contributed by atoms with Crippen molar-refractivity contribution in [1.82, 2.24) is 10.2 Å². The van der Waals surface area contributed by atoms with Crippen molar-refractivity contribution in [2.75, 3.05) is 17.1 Å². The highest BCUT2D eigenvalue weighted by Crippen LogP contribution is 2.26. The number of carbonyl (C=O) groups excluding carboxylic acids is 2. The average Bonchev–Trinajstić information content (AvgIpc) is 3.32. The molecule has 0 heterocycles. The third-order valence-electron chi connectivity index (χ3n) is 6.22. The first-order valence-electron chi connectivity index (χ1n) is 11.8. The largest absolute Gasteiger partial charge is 0.352 e. The number of para-hydroxylation sites is 1. The molecule has 1 fully saturated rings. The Balaban J connectivity index is 1.95. The Labute approximate surface area is 221 Å². The number of carbonyl (C=O) groups is 2. The van der Waals surface area contributed by atoms with Gasteiger partial charge in [0.2, 0.25) is 21.8 Å². The quantitative estimate of drug-likeness (QED) is 0.456. The number of hydrogen-bond acceptors (Lipinski definition) is 4. The van der Waals surface area contributed by atoms with Crippen molar-refractivity contribution in [2.24, 2.45) is 0 Å². The van der Waals surface area contributed by atoms with Crippen molar-refractivity contribution in [3.8, 4) is 0 Å². The van der Waals surface area contributed by atoms with Gasteiger partial charge in [-0.3, -0.25) is 13.9 Å². The van der Waals surface area contributed by atoms with Crippen LogP contribution in [0.15, 0.2) is 42.5 Å². The molecule has 1 aliphatic rings. The molecule has 2 aromatic rings. The molecule has 2 aromatic carbocycles. The maximum Gasteiger partial charge on any atom is 0.244 e. The highest BCUT2D eigenvalue weighted by atomic mass is 35.5. The van der Waals surface area contributed by atoms with Gasteiger partial charge in [0, 0.05) is 12.6 Å². The Morgan fingerprint density at radius 3 is 2.36 bits per heavy atom. The predicted octanol–water partition coefficient (Wildman–Crippen LogP) is 4.76. The van der Waals surface area contributed by atoms with E-state index in [1.54, 1.807) is 25.1 Å². The van der Waals surface area contributed by atoms with E-state index in [0.717, 1.165) is 38.0 Å². The van der Waals surface area contributed by atoms with E-state index in [9.17, 15) is 22.4 Å². The number of rotatable bonds is 10. The normalized spacial score (nSPS) is 14.9. The van der Waals surface area contributed by atoms with E-state index < -0.39 is 34.3 Å². The minimum Gasteiger partial charge on any atom is -0.352 e. The van der Waals surface area contributed by atoms with Crippen molar-refractivity contribution in [3.63, 3.8) is 0 Å². The number of nitrogens with zero attached hydrogens (tertiary/aromatic N) is 2. The van der Waals surface area contributed by atoms with Crippen LogP contribution in [-0.4, -0.2) is 50.0 Å². The second kappa shape index (κ2) is 12.3. The molecule has 36 heavy (non-hydrogen) atoms. The number of amides is 2. The van der Waals surface area contributed by atoms with E-state index in [1.165, 1.54) is 23.1 Å². The summed E-state index contributed by atoms with van der Waals surface area (Å²) in [5.41, 5.74) is 0.368. The highest BCUT2D eigenvalue weighted by Gasteiger charge is 2.33. The van der Waals surface area contributed by atoms with E-state index in [2.05, 4.69) is 5.32 Å². The first-order valence-corrected chi connectivity index (χ1v) is 14.4. The van der Waals surface area contributed by atoms with Crippen molar-refractivity contribution in [3.05, 3.63) is 63.9 Å². The van der Waals surface area contributed by atoms with E-state index in [4.69, 9.17) is 23.2 Å². The fourth-order valence-corrected chi connectivity index (χ4v) is 5.54. The van der Waals surface area contributed by atoms with Crippen molar-refractivity contribution in [2.45, 2.75) is 57.7 Å². The smallest absolute Gasteiger partial charge is 0.244 e. The summed E-state index contributed by atoms with van der Waals surface area (Å²) in [6.45, 7) is 1.09. The molecule has 1 N–H and O–H groups in total. The molecule has 0 aromatic heterocycles. The van der Waals surface area contributed by atoms with Crippen molar-refractivity contribution >= 4 is 50.7 Å². The summed E-state index contributed by atoms with van der Waals surface area (Å²) in [6, 6.07) is 9.36. The molecule has 0 saturated heterocycles. The molecule has 0 aliphatic heterocycles. The third kappa shape index (κ3) is 7.11. The summed E-state index contributed by atoms with van der Waals surface area (Å²) in [6.07, 6.45) is 5.00.